The van der Waals surface area contributed by atoms with Crippen LogP contribution in [0.1, 0.15) is 11.3 Å². The van der Waals surface area contributed by atoms with Gasteiger partial charge in [-0.1, -0.05) is 0 Å². The van der Waals surface area contributed by atoms with Crippen molar-refractivity contribution < 1.29 is 4.39 Å². The Balaban J connectivity index is 1.81. The van der Waals surface area contributed by atoms with Gasteiger partial charge in [-0.05, 0) is 52.7 Å². The van der Waals surface area contributed by atoms with Crippen LogP contribution in [0.2, 0.25) is 0 Å². The molecule has 4 nitrogen and oxygen atoms in total. The van der Waals surface area contributed by atoms with Crippen LogP contribution in [0.25, 0.3) is 11.0 Å². The van der Waals surface area contributed by atoms with E-state index < -0.39 is 0 Å². The summed E-state index contributed by atoms with van der Waals surface area (Å²) in [5, 5.41) is 8.67. The Bertz CT molecular complexity index is 813. The van der Waals surface area contributed by atoms with Gasteiger partial charge in [0, 0.05) is 30.9 Å². The van der Waals surface area contributed by atoms with Crippen LogP contribution in [0.15, 0.2) is 34.9 Å². The van der Waals surface area contributed by atoms with Gasteiger partial charge >= 0.3 is 0 Å². The van der Waals surface area contributed by atoms with Crippen LogP contribution in [-0.2, 0) is 13.6 Å². The maximum Gasteiger partial charge on any atom is 0.157 e. The number of hydrogen-bond donors (Lipinski definition) is 1. The molecule has 0 amide bonds. The van der Waals surface area contributed by atoms with Gasteiger partial charge in [-0.2, -0.15) is 5.10 Å². The monoisotopic (exact) mass is 348 g/mol. The highest BCUT2D eigenvalue weighted by molar-refractivity contribution is 9.10. The first-order valence-corrected chi connectivity index (χ1v) is 7.31. The summed E-state index contributed by atoms with van der Waals surface area (Å²) in [7, 11) is 1.89. The fourth-order valence-corrected chi connectivity index (χ4v) is 2.64. The molecular weight excluding hydrogens is 335 g/mol. The van der Waals surface area contributed by atoms with E-state index in [4.69, 9.17) is 0 Å². The van der Waals surface area contributed by atoms with E-state index in [1.54, 1.807) is 16.8 Å². The van der Waals surface area contributed by atoms with E-state index in [1.165, 1.54) is 6.07 Å². The highest BCUT2D eigenvalue weighted by atomic mass is 79.9. The molecule has 2 aromatic heterocycles. The van der Waals surface area contributed by atoms with Crippen molar-refractivity contribution in [3.8, 4) is 0 Å². The van der Waals surface area contributed by atoms with E-state index in [1.807, 2.05) is 20.2 Å². The van der Waals surface area contributed by atoms with Crippen LogP contribution in [0, 0.1) is 12.7 Å². The molecule has 1 aromatic carbocycles. The van der Waals surface area contributed by atoms with Crippen LogP contribution >= 0.6 is 15.9 Å². The number of pyridine rings is 1. The van der Waals surface area contributed by atoms with Crippen molar-refractivity contribution in [1.82, 2.24) is 14.8 Å². The summed E-state index contributed by atoms with van der Waals surface area (Å²) in [6, 6.07) is 6.94. The minimum Gasteiger partial charge on any atom is -0.381 e. The van der Waals surface area contributed by atoms with Crippen LogP contribution < -0.4 is 5.32 Å². The van der Waals surface area contributed by atoms with Crippen molar-refractivity contribution in [2.75, 3.05) is 5.32 Å². The number of rotatable bonds is 3. The van der Waals surface area contributed by atoms with Gasteiger partial charge in [0.2, 0.25) is 0 Å². The zero-order chi connectivity index (χ0) is 15.0. The maximum atomic E-state index is 13.2. The smallest absolute Gasteiger partial charge is 0.157 e. The predicted molar refractivity (Wildman–Crippen MR) is 84.7 cm³/mol. The Morgan fingerprint density at radius 3 is 2.90 bits per heavy atom. The Morgan fingerprint density at radius 1 is 1.33 bits per heavy atom. The first kappa shape index (κ1) is 14.0. The summed E-state index contributed by atoms with van der Waals surface area (Å²) in [6.07, 6.45) is 1.83. The first-order valence-electron chi connectivity index (χ1n) is 6.52. The molecule has 0 atom stereocenters. The third-order valence-electron chi connectivity index (χ3n) is 3.34. The van der Waals surface area contributed by atoms with E-state index in [9.17, 15) is 4.39 Å². The third kappa shape index (κ3) is 2.76. The van der Waals surface area contributed by atoms with Crippen LogP contribution in [-0.4, -0.2) is 14.8 Å². The molecule has 0 saturated heterocycles. The summed E-state index contributed by atoms with van der Waals surface area (Å²) in [4.78, 5) is 4.44. The Labute approximate surface area is 130 Å². The van der Waals surface area contributed by atoms with E-state index in [0.717, 1.165) is 28.0 Å². The van der Waals surface area contributed by atoms with Crippen molar-refractivity contribution in [1.29, 1.82) is 0 Å². The molecule has 0 radical (unpaired) electrons. The normalized spacial score (nSPS) is 11.0. The molecule has 0 saturated carbocycles. The lowest BCUT2D eigenvalue weighted by Crippen LogP contribution is -2.00. The van der Waals surface area contributed by atoms with E-state index in [2.05, 4.69) is 37.4 Å². The number of aryl methyl sites for hydroxylation is 2. The standard InChI is InChI=1S/C15H14BrFN4/c1-9-12-5-10(8-19-15(12)21(2)20-9)7-18-11-3-4-14(17)13(16)6-11/h3-6,8,18H,7H2,1-2H3. The average molecular weight is 349 g/mol. The second-order valence-electron chi connectivity index (χ2n) is 4.91. The number of hydrogen-bond acceptors (Lipinski definition) is 3. The molecule has 108 valence electrons. The summed E-state index contributed by atoms with van der Waals surface area (Å²) < 4.78 is 15.4. The van der Waals surface area contributed by atoms with Crippen LogP contribution in [0.5, 0.6) is 0 Å². The van der Waals surface area contributed by atoms with Gasteiger partial charge in [0.15, 0.2) is 5.65 Å². The molecule has 1 N–H and O–H groups in total. The van der Waals surface area contributed by atoms with Gasteiger partial charge in [-0.15, -0.1) is 0 Å². The van der Waals surface area contributed by atoms with Crippen molar-refractivity contribution in [2.45, 2.75) is 13.5 Å². The molecule has 0 aliphatic heterocycles. The SMILES string of the molecule is Cc1nn(C)c2ncc(CNc3ccc(F)c(Br)c3)cc12. The summed E-state index contributed by atoms with van der Waals surface area (Å²) in [5.74, 6) is -0.269. The third-order valence-corrected chi connectivity index (χ3v) is 3.94. The number of nitrogens with zero attached hydrogens (tertiary/aromatic N) is 3. The van der Waals surface area contributed by atoms with E-state index >= 15 is 0 Å². The number of fused-ring (bicyclic) bond motifs is 1. The molecular formula is C15H14BrFN4. The van der Waals surface area contributed by atoms with Crippen molar-refractivity contribution in [3.05, 3.63) is 52.0 Å². The molecule has 3 rings (SSSR count). The number of benzene rings is 1. The Morgan fingerprint density at radius 2 is 2.14 bits per heavy atom. The summed E-state index contributed by atoms with van der Waals surface area (Å²) in [6.45, 7) is 2.59. The molecule has 6 heteroatoms. The minimum atomic E-state index is -0.269. The number of nitrogens with one attached hydrogen (secondary N) is 1. The van der Waals surface area contributed by atoms with Gasteiger partial charge < -0.3 is 5.32 Å². The molecule has 0 unspecified atom stereocenters. The number of anilines is 1. The lowest BCUT2D eigenvalue weighted by atomic mass is 10.2. The lowest BCUT2D eigenvalue weighted by molar-refractivity contribution is 0.621. The Kier molecular flexibility index (Phi) is 3.63. The average Bonchev–Trinajstić information content (AvgIpc) is 2.75. The molecule has 3 aromatic rings. The van der Waals surface area contributed by atoms with E-state index in [0.29, 0.717) is 11.0 Å². The lowest BCUT2D eigenvalue weighted by Gasteiger charge is -2.07. The second kappa shape index (κ2) is 5.44. The van der Waals surface area contributed by atoms with E-state index in [-0.39, 0.29) is 5.82 Å². The molecule has 0 spiro atoms. The predicted octanol–water partition coefficient (Wildman–Crippen LogP) is 3.79. The van der Waals surface area contributed by atoms with Crippen LogP contribution in [0.4, 0.5) is 10.1 Å². The number of halogens is 2. The summed E-state index contributed by atoms with van der Waals surface area (Å²) in [5.41, 5.74) is 3.75. The molecule has 0 bridgehead atoms. The molecule has 0 aliphatic carbocycles. The molecule has 2 heterocycles. The van der Waals surface area contributed by atoms with Gasteiger partial charge in [0.05, 0.1) is 10.2 Å². The fourth-order valence-electron chi connectivity index (χ4n) is 2.26. The van der Waals surface area contributed by atoms with Crippen molar-refractivity contribution >= 4 is 32.7 Å². The van der Waals surface area contributed by atoms with Crippen molar-refractivity contribution in [3.63, 3.8) is 0 Å². The number of aromatic nitrogens is 3. The highest BCUT2D eigenvalue weighted by Crippen LogP contribution is 2.21. The molecule has 0 fully saturated rings. The topological polar surface area (TPSA) is 42.7 Å². The van der Waals surface area contributed by atoms with Gasteiger partial charge in [-0.25, -0.2) is 9.37 Å². The largest absolute Gasteiger partial charge is 0.381 e. The van der Waals surface area contributed by atoms with Gasteiger partial charge in [0.1, 0.15) is 5.82 Å². The quantitative estimate of drug-likeness (QED) is 0.782. The minimum absolute atomic E-state index is 0.269. The molecule has 0 aliphatic rings. The zero-order valence-corrected chi connectivity index (χ0v) is 13.3. The Hall–Kier alpha value is -1.95. The fraction of sp³-hybridized carbons (Fsp3) is 0.200. The maximum absolute atomic E-state index is 13.2. The zero-order valence-electron chi connectivity index (χ0n) is 11.7. The second-order valence-corrected chi connectivity index (χ2v) is 5.76. The highest BCUT2D eigenvalue weighted by Gasteiger charge is 2.07. The van der Waals surface area contributed by atoms with Gasteiger partial charge in [-0.3, -0.25) is 4.68 Å². The summed E-state index contributed by atoms with van der Waals surface area (Å²) >= 11 is 3.18. The first-order chi connectivity index (χ1) is 10.0. The molecule has 21 heavy (non-hydrogen) atoms. The van der Waals surface area contributed by atoms with Crippen LogP contribution in [0.3, 0.4) is 0 Å². The van der Waals surface area contributed by atoms with Gasteiger partial charge in [0.25, 0.3) is 0 Å². The van der Waals surface area contributed by atoms with Crippen molar-refractivity contribution in [2.24, 2.45) is 7.05 Å².